The SMILES string of the molecule is CC(=O)CNC1CCN(c2ccc(NC(=O)c3ccc(-c4ccc(Cl)c(Cl)c4)cc3)cc2)C1. The van der Waals surface area contributed by atoms with Crippen molar-refractivity contribution in [1.29, 1.82) is 0 Å². The number of rotatable bonds is 7. The topological polar surface area (TPSA) is 61.4 Å². The number of ketones is 1. The van der Waals surface area contributed by atoms with E-state index in [1.807, 2.05) is 48.5 Å². The third-order valence-electron chi connectivity index (χ3n) is 5.72. The van der Waals surface area contributed by atoms with Crippen molar-refractivity contribution in [3.8, 4) is 11.1 Å². The van der Waals surface area contributed by atoms with Gasteiger partial charge in [-0.15, -0.1) is 0 Å². The smallest absolute Gasteiger partial charge is 0.255 e. The third-order valence-corrected chi connectivity index (χ3v) is 6.46. The van der Waals surface area contributed by atoms with Crippen molar-refractivity contribution in [2.24, 2.45) is 0 Å². The molecular formula is C26H25Cl2N3O2. The van der Waals surface area contributed by atoms with E-state index in [1.165, 1.54) is 0 Å². The summed E-state index contributed by atoms with van der Waals surface area (Å²) in [7, 11) is 0. The number of halogens is 2. The van der Waals surface area contributed by atoms with Crippen LogP contribution in [0, 0.1) is 0 Å². The molecule has 0 aromatic heterocycles. The molecule has 1 saturated heterocycles. The minimum atomic E-state index is -0.168. The largest absolute Gasteiger partial charge is 0.370 e. The molecule has 3 aromatic rings. The molecule has 33 heavy (non-hydrogen) atoms. The predicted molar refractivity (Wildman–Crippen MR) is 136 cm³/mol. The Balaban J connectivity index is 1.35. The lowest BCUT2D eigenvalue weighted by Gasteiger charge is -2.19. The first-order valence-corrected chi connectivity index (χ1v) is 11.6. The summed E-state index contributed by atoms with van der Waals surface area (Å²) in [6.45, 7) is 3.81. The number of carbonyl (C=O) groups excluding carboxylic acids is 2. The molecule has 0 aliphatic carbocycles. The van der Waals surface area contributed by atoms with Crippen molar-refractivity contribution in [2.75, 3.05) is 29.9 Å². The molecule has 1 atom stereocenters. The van der Waals surface area contributed by atoms with Crippen LogP contribution in [0.3, 0.4) is 0 Å². The van der Waals surface area contributed by atoms with Gasteiger partial charge in [-0.2, -0.15) is 0 Å². The number of anilines is 2. The Labute approximate surface area is 203 Å². The summed E-state index contributed by atoms with van der Waals surface area (Å²) in [6, 6.07) is 21.0. The summed E-state index contributed by atoms with van der Waals surface area (Å²) in [6.07, 6.45) is 1.00. The number of amides is 1. The van der Waals surface area contributed by atoms with Crippen LogP contribution in [0.15, 0.2) is 66.7 Å². The van der Waals surface area contributed by atoms with Crippen molar-refractivity contribution >= 4 is 46.3 Å². The quantitative estimate of drug-likeness (QED) is 0.456. The monoisotopic (exact) mass is 481 g/mol. The first-order valence-electron chi connectivity index (χ1n) is 10.8. The van der Waals surface area contributed by atoms with Crippen LogP contribution < -0.4 is 15.5 Å². The molecule has 4 rings (SSSR count). The van der Waals surface area contributed by atoms with E-state index in [1.54, 1.807) is 25.1 Å². The number of benzene rings is 3. The molecule has 1 aliphatic heterocycles. The molecule has 1 fully saturated rings. The van der Waals surface area contributed by atoms with Crippen LogP contribution in [0.4, 0.5) is 11.4 Å². The minimum Gasteiger partial charge on any atom is -0.370 e. The Bertz CT molecular complexity index is 1150. The standard InChI is InChI=1S/C26H25Cl2N3O2/c1-17(32)15-29-22-12-13-31(16-22)23-9-7-21(8-10-23)30-26(33)19-4-2-18(3-5-19)20-6-11-24(27)25(28)14-20/h2-11,14,22,29H,12-13,15-16H2,1H3,(H,30,33). The van der Waals surface area contributed by atoms with Crippen molar-refractivity contribution < 1.29 is 9.59 Å². The summed E-state index contributed by atoms with van der Waals surface area (Å²) >= 11 is 12.1. The van der Waals surface area contributed by atoms with Gasteiger partial charge in [0.15, 0.2) is 0 Å². The van der Waals surface area contributed by atoms with Crippen molar-refractivity contribution in [3.63, 3.8) is 0 Å². The molecule has 1 aliphatic rings. The molecule has 0 radical (unpaired) electrons. The van der Waals surface area contributed by atoms with Gasteiger partial charge in [-0.3, -0.25) is 9.59 Å². The van der Waals surface area contributed by atoms with E-state index in [4.69, 9.17) is 23.2 Å². The lowest BCUT2D eigenvalue weighted by atomic mass is 10.0. The summed E-state index contributed by atoms with van der Waals surface area (Å²) in [5, 5.41) is 7.25. The summed E-state index contributed by atoms with van der Waals surface area (Å²) < 4.78 is 0. The van der Waals surface area contributed by atoms with Gasteiger partial charge in [0.25, 0.3) is 5.91 Å². The van der Waals surface area contributed by atoms with Crippen molar-refractivity contribution in [2.45, 2.75) is 19.4 Å². The highest BCUT2D eigenvalue weighted by Crippen LogP contribution is 2.29. The Morgan fingerprint density at radius 2 is 1.64 bits per heavy atom. The highest BCUT2D eigenvalue weighted by atomic mass is 35.5. The Hall–Kier alpha value is -2.86. The zero-order valence-corrected chi connectivity index (χ0v) is 19.8. The second-order valence-electron chi connectivity index (χ2n) is 8.22. The molecule has 170 valence electrons. The van der Waals surface area contributed by atoms with Gasteiger partial charge in [-0.25, -0.2) is 0 Å². The normalized spacial score (nSPS) is 15.5. The van der Waals surface area contributed by atoms with E-state index in [2.05, 4.69) is 15.5 Å². The van der Waals surface area contributed by atoms with Crippen LogP contribution >= 0.6 is 23.2 Å². The van der Waals surface area contributed by atoms with Gasteiger partial charge < -0.3 is 15.5 Å². The summed E-state index contributed by atoms with van der Waals surface area (Å²) in [4.78, 5) is 26.1. The Kier molecular flexibility index (Phi) is 7.33. The fraction of sp³-hybridized carbons (Fsp3) is 0.231. The fourth-order valence-electron chi connectivity index (χ4n) is 3.90. The molecule has 1 amide bonds. The van der Waals surface area contributed by atoms with Crippen molar-refractivity contribution in [1.82, 2.24) is 5.32 Å². The molecular weight excluding hydrogens is 457 g/mol. The lowest BCUT2D eigenvalue weighted by molar-refractivity contribution is -0.116. The van der Waals surface area contributed by atoms with E-state index in [-0.39, 0.29) is 11.7 Å². The zero-order chi connectivity index (χ0) is 23.4. The first-order chi connectivity index (χ1) is 15.9. The average molecular weight is 482 g/mol. The molecule has 5 nitrogen and oxygen atoms in total. The maximum absolute atomic E-state index is 12.7. The van der Waals surface area contributed by atoms with Crippen LogP contribution in [0.2, 0.25) is 10.0 Å². The zero-order valence-electron chi connectivity index (χ0n) is 18.3. The average Bonchev–Trinajstić information content (AvgIpc) is 3.29. The number of hydrogen-bond acceptors (Lipinski definition) is 4. The van der Waals surface area contributed by atoms with Gasteiger partial charge in [0.1, 0.15) is 5.78 Å². The van der Waals surface area contributed by atoms with E-state index in [0.29, 0.717) is 28.2 Å². The molecule has 1 unspecified atom stereocenters. The third kappa shape index (κ3) is 5.93. The minimum absolute atomic E-state index is 0.151. The van der Waals surface area contributed by atoms with E-state index < -0.39 is 0 Å². The molecule has 0 spiro atoms. The van der Waals surface area contributed by atoms with Gasteiger partial charge >= 0.3 is 0 Å². The maximum Gasteiger partial charge on any atom is 0.255 e. The molecule has 0 saturated carbocycles. The number of nitrogens with zero attached hydrogens (tertiary/aromatic N) is 1. The van der Waals surface area contributed by atoms with Crippen molar-refractivity contribution in [3.05, 3.63) is 82.3 Å². The fourth-order valence-corrected chi connectivity index (χ4v) is 4.20. The van der Waals surface area contributed by atoms with E-state index >= 15 is 0 Å². The number of nitrogens with one attached hydrogen (secondary N) is 2. The first kappa shape index (κ1) is 23.3. The second-order valence-corrected chi connectivity index (χ2v) is 9.04. The Morgan fingerprint density at radius 1 is 0.939 bits per heavy atom. The molecule has 2 N–H and O–H groups in total. The van der Waals surface area contributed by atoms with Crippen LogP contribution in [0.5, 0.6) is 0 Å². The predicted octanol–water partition coefficient (Wildman–Crippen LogP) is 5.67. The van der Waals surface area contributed by atoms with E-state index in [0.717, 1.165) is 42.0 Å². The summed E-state index contributed by atoms with van der Waals surface area (Å²) in [5.74, 6) is -0.0179. The molecule has 7 heteroatoms. The number of carbonyl (C=O) groups is 2. The van der Waals surface area contributed by atoms with Gasteiger partial charge in [-0.05, 0) is 73.0 Å². The van der Waals surface area contributed by atoms with Gasteiger partial charge in [0.05, 0.1) is 16.6 Å². The van der Waals surface area contributed by atoms with Crippen LogP contribution in [-0.2, 0) is 4.79 Å². The molecule has 1 heterocycles. The highest BCUT2D eigenvalue weighted by molar-refractivity contribution is 6.42. The van der Waals surface area contributed by atoms with Crippen LogP contribution in [-0.4, -0.2) is 37.4 Å². The van der Waals surface area contributed by atoms with E-state index in [9.17, 15) is 9.59 Å². The molecule has 0 bridgehead atoms. The lowest BCUT2D eigenvalue weighted by Crippen LogP contribution is -2.35. The van der Waals surface area contributed by atoms with Gasteiger partial charge in [0.2, 0.25) is 0 Å². The maximum atomic E-state index is 12.7. The Morgan fingerprint density at radius 3 is 2.30 bits per heavy atom. The van der Waals surface area contributed by atoms with Crippen LogP contribution in [0.1, 0.15) is 23.7 Å². The highest BCUT2D eigenvalue weighted by Gasteiger charge is 2.22. The molecule has 3 aromatic carbocycles. The number of hydrogen-bond donors (Lipinski definition) is 2. The van der Waals surface area contributed by atoms with Gasteiger partial charge in [-0.1, -0.05) is 41.4 Å². The van der Waals surface area contributed by atoms with Crippen LogP contribution in [0.25, 0.3) is 11.1 Å². The van der Waals surface area contributed by atoms with Gasteiger partial charge in [0, 0.05) is 36.1 Å². The second kappa shape index (κ2) is 10.4. The number of Topliss-reactive ketones (excluding diaryl/α,β-unsaturated/α-hetero) is 1. The summed E-state index contributed by atoms with van der Waals surface area (Å²) in [5.41, 5.74) is 4.31.